The van der Waals surface area contributed by atoms with Crippen LogP contribution in [0.15, 0.2) is 101 Å². The summed E-state index contributed by atoms with van der Waals surface area (Å²) in [5, 5.41) is 33.8. The molecule has 0 spiro atoms. The lowest BCUT2D eigenvalue weighted by atomic mass is 10.0. The molecule has 18 heteroatoms. The Morgan fingerprint density at radius 2 is 1.41 bits per heavy atom. The first-order valence-electron chi connectivity index (χ1n) is 23.8. The van der Waals surface area contributed by atoms with Crippen molar-refractivity contribution < 1.29 is 43.3 Å². The number of anilines is 1. The molecule has 0 radical (unpaired) electrons. The van der Waals surface area contributed by atoms with Crippen LogP contribution in [0.1, 0.15) is 71.1 Å². The van der Waals surface area contributed by atoms with Crippen molar-refractivity contribution in [2.75, 3.05) is 69.9 Å². The van der Waals surface area contributed by atoms with E-state index in [2.05, 4.69) is 48.7 Å². The van der Waals surface area contributed by atoms with Crippen LogP contribution in [-0.2, 0) is 41.6 Å². The molecule has 3 aliphatic heterocycles. The zero-order valence-corrected chi connectivity index (χ0v) is 39.9. The number of benzene rings is 4. The fourth-order valence-electron chi connectivity index (χ4n) is 8.10. The number of carbonyl (C=O) groups is 5. The first kappa shape index (κ1) is 51.1. The number of para-hydroxylation sites is 1. The van der Waals surface area contributed by atoms with Gasteiger partial charge < -0.3 is 50.8 Å². The first-order valence-corrected chi connectivity index (χ1v) is 24.8. The normalized spacial score (nSPS) is 16.7. The Hall–Kier alpha value is -6.78. The number of rotatable bonds is 26. The van der Waals surface area contributed by atoms with Gasteiger partial charge in [-0.1, -0.05) is 54.7 Å². The summed E-state index contributed by atoms with van der Waals surface area (Å²) in [7, 11) is 0. The smallest absolute Gasteiger partial charge is 0.315 e. The second-order valence-corrected chi connectivity index (χ2v) is 18.2. The van der Waals surface area contributed by atoms with E-state index in [0.717, 1.165) is 53.0 Å². The van der Waals surface area contributed by atoms with E-state index in [-0.39, 0.29) is 66.0 Å². The van der Waals surface area contributed by atoms with Gasteiger partial charge in [0.2, 0.25) is 17.7 Å². The number of fused-ring (bicyclic) bond motifs is 3. The standard InChI is InChI=1S/C52H60N8O9S/c61-45-20-13-36(23-24-53-48(63)21-22-49(64)60-34-40-9-2-1-7-37(40)14-15-38-8-3-4-10-44(38)60)33-42(45)59-58-41-18-16-39(17-19-41)51(65)55-26-28-68-30-32-69-31-29-67-27-25-54-47(62)12-6-5-11-46-50-43(35-70-46)56-52(66)57-50/h1-4,7-10,13,16-20,33,43,46,50,61H,5-6,11-12,21-32,34-35H2,(H,53,63)(H,54,62)(H,55,65)(H2,56,57,66)/t43-,46-,50-/m1/s1. The van der Waals surface area contributed by atoms with Crippen molar-refractivity contribution in [1.29, 1.82) is 0 Å². The summed E-state index contributed by atoms with van der Waals surface area (Å²) in [6.45, 7) is 3.67. The number of thioether (sulfide) groups is 1. The highest BCUT2D eigenvalue weighted by molar-refractivity contribution is 8.00. The number of phenolic OH excluding ortho intramolecular Hbond substituents is 1. The Morgan fingerprint density at radius 3 is 2.21 bits per heavy atom. The molecule has 0 bridgehead atoms. The fraction of sp³-hybridized carbons (Fsp3) is 0.404. The van der Waals surface area contributed by atoms with Gasteiger partial charge in [0.25, 0.3) is 5.91 Å². The number of amides is 6. The number of hydrogen-bond acceptors (Lipinski definition) is 12. The summed E-state index contributed by atoms with van der Waals surface area (Å²) in [6.07, 6.45) is 3.75. The maximum atomic E-state index is 13.5. The highest BCUT2D eigenvalue weighted by Gasteiger charge is 2.42. The molecule has 0 unspecified atom stereocenters. The molecule has 4 aromatic rings. The number of urea groups is 1. The van der Waals surface area contributed by atoms with Crippen molar-refractivity contribution in [3.63, 3.8) is 0 Å². The van der Waals surface area contributed by atoms with Crippen molar-refractivity contribution in [3.05, 3.63) is 119 Å². The summed E-state index contributed by atoms with van der Waals surface area (Å²) < 4.78 is 16.6. The van der Waals surface area contributed by atoms with Gasteiger partial charge in [-0.25, -0.2) is 4.79 Å². The molecule has 4 aromatic carbocycles. The van der Waals surface area contributed by atoms with Gasteiger partial charge in [0.1, 0.15) is 11.4 Å². The molecule has 6 N–H and O–H groups in total. The van der Waals surface area contributed by atoms with Crippen LogP contribution >= 0.6 is 11.8 Å². The van der Waals surface area contributed by atoms with Crippen LogP contribution in [0.25, 0.3) is 0 Å². The van der Waals surface area contributed by atoms with Crippen molar-refractivity contribution in [3.8, 4) is 17.6 Å². The average Bonchev–Trinajstić information content (AvgIpc) is 3.93. The molecule has 3 heterocycles. The highest BCUT2D eigenvalue weighted by atomic mass is 32.2. The van der Waals surface area contributed by atoms with Crippen LogP contribution in [0.4, 0.5) is 21.9 Å². The van der Waals surface area contributed by atoms with Crippen molar-refractivity contribution >= 4 is 58.5 Å². The zero-order chi connectivity index (χ0) is 48.9. The van der Waals surface area contributed by atoms with Crippen molar-refractivity contribution in [2.45, 2.75) is 68.8 Å². The van der Waals surface area contributed by atoms with E-state index in [0.29, 0.717) is 95.2 Å². The Morgan fingerprint density at radius 1 is 0.729 bits per heavy atom. The van der Waals surface area contributed by atoms with Gasteiger partial charge in [0, 0.05) is 66.6 Å². The van der Waals surface area contributed by atoms with Crippen LogP contribution in [0, 0.1) is 11.8 Å². The van der Waals surface area contributed by atoms with E-state index < -0.39 is 0 Å². The van der Waals surface area contributed by atoms with E-state index in [1.165, 1.54) is 6.07 Å². The Bertz CT molecular complexity index is 2530. The number of hydrogen-bond donors (Lipinski definition) is 6. The molecule has 3 atom stereocenters. The molecule has 2 saturated heterocycles. The lowest BCUT2D eigenvalue weighted by molar-refractivity contribution is -0.125. The largest absolute Gasteiger partial charge is 0.506 e. The van der Waals surface area contributed by atoms with Gasteiger partial charge in [-0.2, -0.15) is 16.9 Å². The minimum atomic E-state index is -0.267. The molecular weight excluding hydrogens is 913 g/mol. The van der Waals surface area contributed by atoms with E-state index in [1.807, 2.05) is 60.3 Å². The molecule has 3 aliphatic rings. The van der Waals surface area contributed by atoms with Crippen molar-refractivity contribution in [2.24, 2.45) is 10.2 Å². The van der Waals surface area contributed by atoms with E-state index >= 15 is 0 Å². The average molecular weight is 973 g/mol. The molecule has 0 aromatic heterocycles. The van der Waals surface area contributed by atoms with E-state index in [1.54, 1.807) is 41.3 Å². The molecule has 7 rings (SSSR count). The van der Waals surface area contributed by atoms with Gasteiger partial charge in [0.15, 0.2) is 0 Å². The number of aromatic hydroxyl groups is 1. The second-order valence-electron chi connectivity index (χ2n) is 16.9. The quantitative estimate of drug-likeness (QED) is 0.0192. The Balaban J connectivity index is 0.700. The predicted octanol–water partition coefficient (Wildman–Crippen LogP) is 5.81. The third kappa shape index (κ3) is 15.6. The lowest BCUT2D eigenvalue weighted by Crippen LogP contribution is -2.36. The third-order valence-corrected chi connectivity index (χ3v) is 13.4. The topological polar surface area (TPSA) is 221 Å². The summed E-state index contributed by atoms with van der Waals surface area (Å²) in [5.74, 6) is 6.62. The minimum Gasteiger partial charge on any atom is -0.506 e. The maximum absolute atomic E-state index is 13.5. The number of ether oxygens (including phenoxy) is 3. The monoisotopic (exact) mass is 972 g/mol. The number of azo groups is 1. The van der Waals surface area contributed by atoms with Crippen LogP contribution in [0.2, 0.25) is 0 Å². The number of unbranched alkanes of at least 4 members (excludes halogenated alkanes) is 1. The lowest BCUT2D eigenvalue weighted by Gasteiger charge is -2.26. The predicted molar refractivity (Wildman–Crippen MR) is 266 cm³/mol. The SMILES string of the molecule is O=C(CCCC[C@H]1SC[C@H]2NC(=O)N[C@H]21)NCCOCCOCCOCCNC(=O)c1ccc(N=Nc2cc(CCNC(=O)CCC(=O)N3Cc4ccccc4C#Cc4ccccc43)ccc2O)cc1. The van der Waals surface area contributed by atoms with Gasteiger partial charge in [-0.3, -0.25) is 19.2 Å². The molecule has 368 valence electrons. The Kier molecular flexibility index (Phi) is 19.6. The molecule has 17 nitrogen and oxygen atoms in total. The van der Waals surface area contributed by atoms with Gasteiger partial charge >= 0.3 is 6.03 Å². The second kappa shape index (κ2) is 26.8. The summed E-state index contributed by atoms with van der Waals surface area (Å²) in [4.78, 5) is 64.3. The highest BCUT2D eigenvalue weighted by Crippen LogP contribution is 2.33. The maximum Gasteiger partial charge on any atom is 0.315 e. The first-order chi connectivity index (χ1) is 34.2. The molecule has 6 amide bonds. The minimum absolute atomic E-state index is 0.0113. The summed E-state index contributed by atoms with van der Waals surface area (Å²) >= 11 is 1.89. The van der Waals surface area contributed by atoms with Gasteiger partial charge in [-0.15, -0.1) is 5.11 Å². The zero-order valence-electron chi connectivity index (χ0n) is 39.1. The molecule has 0 aliphatic carbocycles. The summed E-state index contributed by atoms with van der Waals surface area (Å²) in [5.41, 5.74) is 5.29. The van der Waals surface area contributed by atoms with Crippen molar-refractivity contribution in [1.82, 2.24) is 26.6 Å². The fourth-order valence-corrected chi connectivity index (χ4v) is 9.64. The number of phenols is 1. The molecule has 70 heavy (non-hydrogen) atoms. The molecular formula is C52H60N8O9S. The number of nitrogens with one attached hydrogen (secondary N) is 5. The van der Waals surface area contributed by atoms with Gasteiger partial charge in [0.05, 0.1) is 69.6 Å². The van der Waals surface area contributed by atoms with E-state index in [9.17, 15) is 29.1 Å². The van der Waals surface area contributed by atoms with Crippen LogP contribution in [0.3, 0.4) is 0 Å². The van der Waals surface area contributed by atoms with E-state index in [4.69, 9.17) is 14.2 Å². The van der Waals surface area contributed by atoms with Crippen LogP contribution in [-0.4, -0.2) is 117 Å². The third-order valence-electron chi connectivity index (χ3n) is 11.8. The summed E-state index contributed by atoms with van der Waals surface area (Å²) in [6, 6.07) is 27.1. The van der Waals surface area contributed by atoms with Crippen LogP contribution in [0.5, 0.6) is 5.75 Å². The number of carbonyl (C=O) groups excluding carboxylic acids is 5. The Labute approximate surface area is 412 Å². The van der Waals surface area contributed by atoms with Crippen LogP contribution < -0.4 is 31.5 Å². The number of nitrogens with zero attached hydrogens (tertiary/aromatic N) is 3. The molecule has 2 fully saturated rings. The van der Waals surface area contributed by atoms with Gasteiger partial charge in [-0.05, 0) is 85.0 Å². The molecule has 0 saturated carbocycles.